The van der Waals surface area contributed by atoms with E-state index >= 15 is 0 Å². The van der Waals surface area contributed by atoms with Crippen LogP contribution >= 0.6 is 0 Å². The van der Waals surface area contributed by atoms with Gasteiger partial charge < -0.3 is 20.7 Å². The Labute approximate surface area is 153 Å². The minimum Gasteiger partial charge on any atom is -0.497 e. The predicted molar refractivity (Wildman–Crippen MR) is 105 cm³/mol. The predicted octanol–water partition coefficient (Wildman–Crippen LogP) is 3.73. The maximum absolute atomic E-state index is 12.0. The Hall–Kier alpha value is -3.02. The lowest BCUT2D eigenvalue weighted by atomic mass is 10.1. The van der Waals surface area contributed by atoms with Crippen LogP contribution in [0.25, 0.3) is 0 Å². The fourth-order valence-electron chi connectivity index (χ4n) is 2.34. The lowest BCUT2D eigenvalue weighted by Gasteiger charge is -2.10. The molecule has 0 spiro atoms. The number of methoxy groups -OCH3 is 1. The van der Waals surface area contributed by atoms with Gasteiger partial charge in [0.15, 0.2) is 0 Å². The van der Waals surface area contributed by atoms with Crippen LogP contribution in [-0.4, -0.2) is 25.5 Å². The summed E-state index contributed by atoms with van der Waals surface area (Å²) < 4.78 is 5.15. The zero-order valence-corrected chi connectivity index (χ0v) is 15.3. The maximum Gasteiger partial charge on any atom is 0.243 e. The molecule has 0 aliphatic heterocycles. The Morgan fingerprint density at radius 1 is 0.923 bits per heavy atom. The number of carbonyl (C=O) groups is 2. The van der Waals surface area contributed by atoms with Crippen molar-refractivity contribution >= 4 is 28.9 Å². The highest BCUT2D eigenvalue weighted by atomic mass is 16.5. The zero-order chi connectivity index (χ0) is 18.9. The van der Waals surface area contributed by atoms with Gasteiger partial charge in [0.05, 0.1) is 13.7 Å². The fraction of sp³-hybridized carbons (Fsp3) is 0.300. The van der Waals surface area contributed by atoms with E-state index in [1.54, 1.807) is 31.4 Å². The van der Waals surface area contributed by atoms with Gasteiger partial charge in [-0.3, -0.25) is 9.59 Å². The molecule has 0 aliphatic rings. The molecule has 0 aliphatic carbocycles. The Balaban J connectivity index is 1.82. The van der Waals surface area contributed by atoms with Crippen LogP contribution in [0, 0.1) is 5.92 Å². The second kappa shape index (κ2) is 9.46. The highest BCUT2D eigenvalue weighted by Crippen LogP contribution is 2.17. The second-order valence-corrected chi connectivity index (χ2v) is 6.36. The largest absolute Gasteiger partial charge is 0.497 e. The monoisotopic (exact) mass is 355 g/mol. The number of nitrogens with one attached hydrogen (secondary N) is 3. The van der Waals surface area contributed by atoms with E-state index in [1.807, 2.05) is 38.1 Å². The molecule has 0 heterocycles. The molecule has 0 aromatic heterocycles. The van der Waals surface area contributed by atoms with Gasteiger partial charge in [-0.1, -0.05) is 19.9 Å². The third-order valence-corrected chi connectivity index (χ3v) is 3.57. The number of carbonyl (C=O) groups excluding carboxylic acids is 2. The van der Waals surface area contributed by atoms with E-state index in [2.05, 4.69) is 16.0 Å². The van der Waals surface area contributed by atoms with Crippen molar-refractivity contribution < 1.29 is 14.3 Å². The van der Waals surface area contributed by atoms with Crippen LogP contribution in [0.2, 0.25) is 0 Å². The highest BCUT2D eigenvalue weighted by Gasteiger charge is 2.06. The van der Waals surface area contributed by atoms with Crippen molar-refractivity contribution in [3.05, 3.63) is 48.5 Å². The fourth-order valence-corrected chi connectivity index (χ4v) is 2.34. The molecule has 6 heteroatoms. The van der Waals surface area contributed by atoms with Crippen LogP contribution in [0.1, 0.15) is 20.3 Å². The van der Waals surface area contributed by atoms with Crippen molar-refractivity contribution in [2.75, 3.05) is 29.6 Å². The van der Waals surface area contributed by atoms with Crippen LogP contribution < -0.4 is 20.7 Å². The van der Waals surface area contributed by atoms with Gasteiger partial charge in [-0.25, -0.2) is 0 Å². The molecule has 0 atom stereocenters. The van der Waals surface area contributed by atoms with E-state index < -0.39 is 0 Å². The minimum absolute atomic E-state index is 0.0146. The molecule has 2 aromatic carbocycles. The van der Waals surface area contributed by atoms with Crippen molar-refractivity contribution in [2.45, 2.75) is 20.3 Å². The van der Waals surface area contributed by atoms with Crippen molar-refractivity contribution in [3.8, 4) is 5.75 Å². The van der Waals surface area contributed by atoms with Gasteiger partial charge in [-0.15, -0.1) is 0 Å². The van der Waals surface area contributed by atoms with Gasteiger partial charge >= 0.3 is 0 Å². The molecule has 138 valence electrons. The highest BCUT2D eigenvalue weighted by molar-refractivity contribution is 5.94. The molecule has 0 unspecified atom stereocenters. The molecule has 0 saturated heterocycles. The number of hydrogen-bond acceptors (Lipinski definition) is 4. The number of amides is 2. The van der Waals surface area contributed by atoms with E-state index in [0.717, 1.165) is 11.4 Å². The van der Waals surface area contributed by atoms with E-state index in [-0.39, 0.29) is 18.4 Å². The number of ether oxygens (including phenoxy) is 1. The van der Waals surface area contributed by atoms with Gasteiger partial charge in [0, 0.05) is 29.5 Å². The van der Waals surface area contributed by atoms with Crippen molar-refractivity contribution in [1.29, 1.82) is 0 Å². The van der Waals surface area contributed by atoms with Gasteiger partial charge in [0.25, 0.3) is 0 Å². The van der Waals surface area contributed by atoms with Crippen LogP contribution in [0.4, 0.5) is 17.1 Å². The lowest BCUT2D eigenvalue weighted by Crippen LogP contribution is -2.21. The molecule has 2 rings (SSSR count). The molecule has 0 fully saturated rings. The summed E-state index contributed by atoms with van der Waals surface area (Å²) in [6.07, 6.45) is 0.481. The summed E-state index contributed by atoms with van der Waals surface area (Å²) in [6.45, 7) is 4.13. The number of benzene rings is 2. The van der Waals surface area contributed by atoms with Gasteiger partial charge in [0.2, 0.25) is 11.8 Å². The summed E-state index contributed by atoms with van der Waals surface area (Å²) in [4.78, 5) is 23.8. The van der Waals surface area contributed by atoms with Crippen LogP contribution in [-0.2, 0) is 9.59 Å². The SMILES string of the molecule is COc1cccc(NCC(=O)Nc2ccc(NC(=O)CC(C)C)cc2)c1. The Kier molecular flexibility index (Phi) is 7.02. The molecule has 0 saturated carbocycles. The molecular weight excluding hydrogens is 330 g/mol. The summed E-state index contributed by atoms with van der Waals surface area (Å²) in [5, 5.41) is 8.69. The smallest absolute Gasteiger partial charge is 0.243 e. The molecule has 2 amide bonds. The molecule has 3 N–H and O–H groups in total. The number of anilines is 3. The Morgan fingerprint density at radius 2 is 1.54 bits per heavy atom. The first-order valence-corrected chi connectivity index (χ1v) is 8.54. The normalized spacial score (nSPS) is 10.3. The number of rotatable bonds is 8. The Bertz CT molecular complexity index is 742. The minimum atomic E-state index is -0.163. The van der Waals surface area contributed by atoms with Gasteiger partial charge in [-0.05, 0) is 42.3 Å². The Morgan fingerprint density at radius 3 is 2.12 bits per heavy atom. The lowest BCUT2D eigenvalue weighted by molar-refractivity contribution is -0.117. The molecule has 6 nitrogen and oxygen atoms in total. The summed E-state index contributed by atoms with van der Waals surface area (Å²) in [6, 6.07) is 14.4. The summed E-state index contributed by atoms with van der Waals surface area (Å²) in [5.74, 6) is 0.861. The quantitative estimate of drug-likeness (QED) is 0.674. The topological polar surface area (TPSA) is 79.5 Å². The van der Waals surface area contributed by atoms with E-state index in [4.69, 9.17) is 4.74 Å². The van der Waals surface area contributed by atoms with E-state index in [1.165, 1.54) is 0 Å². The first-order chi connectivity index (χ1) is 12.5. The van der Waals surface area contributed by atoms with Crippen molar-refractivity contribution in [2.24, 2.45) is 5.92 Å². The van der Waals surface area contributed by atoms with Gasteiger partial charge in [0.1, 0.15) is 5.75 Å². The second-order valence-electron chi connectivity index (χ2n) is 6.36. The standard InChI is InChI=1S/C20H25N3O3/c1-14(2)11-19(24)22-15-7-9-16(10-8-15)23-20(25)13-21-17-5-4-6-18(12-17)26-3/h4-10,12,14,21H,11,13H2,1-3H3,(H,22,24)(H,23,25). The summed E-state index contributed by atoms with van der Waals surface area (Å²) in [7, 11) is 1.60. The first-order valence-electron chi connectivity index (χ1n) is 8.54. The molecular formula is C20H25N3O3. The third kappa shape index (κ3) is 6.47. The van der Waals surface area contributed by atoms with Crippen molar-refractivity contribution in [3.63, 3.8) is 0 Å². The average Bonchev–Trinajstić information content (AvgIpc) is 2.61. The van der Waals surface area contributed by atoms with E-state index in [0.29, 0.717) is 23.7 Å². The molecule has 2 aromatic rings. The summed E-state index contributed by atoms with van der Waals surface area (Å²) >= 11 is 0. The van der Waals surface area contributed by atoms with Gasteiger partial charge in [-0.2, -0.15) is 0 Å². The number of hydrogen-bond donors (Lipinski definition) is 3. The molecule has 0 bridgehead atoms. The third-order valence-electron chi connectivity index (χ3n) is 3.57. The van der Waals surface area contributed by atoms with Crippen LogP contribution in [0.15, 0.2) is 48.5 Å². The summed E-state index contributed by atoms with van der Waals surface area (Å²) in [5.41, 5.74) is 2.19. The van der Waals surface area contributed by atoms with Crippen LogP contribution in [0.3, 0.4) is 0 Å². The first kappa shape index (κ1) is 19.3. The van der Waals surface area contributed by atoms with E-state index in [9.17, 15) is 9.59 Å². The molecule has 26 heavy (non-hydrogen) atoms. The van der Waals surface area contributed by atoms with Crippen molar-refractivity contribution in [1.82, 2.24) is 0 Å². The van der Waals surface area contributed by atoms with Crippen LogP contribution in [0.5, 0.6) is 5.75 Å². The maximum atomic E-state index is 12.0. The molecule has 0 radical (unpaired) electrons. The zero-order valence-electron chi connectivity index (χ0n) is 15.3. The average molecular weight is 355 g/mol.